The van der Waals surface area contributed by atoms with Crippen molar-refractivity contribution in [3.63, 3.8) is 0 Å². The number of nitrogens with one attached hydrogen (secondary N) is 2. The number of ether oxygens (including phenoxy) is 1. The van der Waals surface area contributed by atoms with Crippen molar-refractivity contribution in [2.24, 2.45) is 0 Å². The number of amides is 3. The quantitative estimate of drug-likeness (QED) is 0.781. The van der Waals surface area contributed by atoms with Crippen LogP contribution >= 0.6 is 0 Å². The maximum Gasteiger partial charge on any atom is 0.321 e. The summed E-state index contributed by atoms with van der Waals surface area (Å²) in [5.74, 6) is -1.71. The Morgan fingerprint density at radius 3 is 1.96 bits per heavy atom. The summed E-state index contributed by atoms with van der Waals surface area (Å²) in [4.78, 5) is 36.6. The van der Waals surface area contributed by atoms with E-state index < -0.39 is 29.9 Å². The summed E-state index contributed by atoms with van der Waals surface area (Å²) in [6, 6.07) is 17.2. The van der Waals surface area contributed by atoms with E-state index >= 15 is 0 Å². The summed E-state index contributed by atoms with van der Waals surface area (Å²) in [7, 11) is 1.40. The molecule has 136 valence electrons. The molecule has 0 unspecified atom stereocenters. The lowest BCUT2D eigenvalue weighted by atomic mass is 9.96. The standard InChI is InChI=1S/C20H22N2O4/c1-3-16(14-10-6-4-7-11-14)19(24)26-17(15-12-8-5-9-13-15)18(23)22-20(25)21-2/h4-13,16-17H,3H2,1-2H3,(H2,21,22,23,25)/t16-,17-/m1/s1. The average molecular weight is 354 g/mol. The third-order valence-electron chi connectivity index (χ3n) is 3.93. The summed E-state index contributed by atoms with van der Waals surface area (Å²) in [5.41, 5.74) is 1.31. The van der Waals surface area contributed by atoms with Gasteiger partial charge in [0.15, 0.2) is 0 Å². The molecule has 2 atom stereocenters. The fourth-order valence-corrected chi connectivity index (χ4v) is 2.56. The zero-order chi connectivity index (χ0) is 18.9. The summed E-state index contributed by atoms with van der Waals surface area (Å²) in [6.07, 6.45) is -0.680. The molecule has 0 heterocycles. The second-order valence-electron chi connectivity index (χ2n) is 5.67. The van der Waals surface area contributed by atoms with E-state index in [0.717, 1.165) is 5.56 Å². The van der Waals surface area contributed by atoms with Gasteiger partial charge in [-0.25, -0.2) is 4.79 Å². The van der Waals surface area contributed by atoms with E-state index in [4.69, 9.17) is 4.74 Å². The van der Waals surface area contributed by atoms with Crippen LogP contribution in [0.1, 0.15) is 36.5 Å². The van der Waals surface area contributed by atoms with Gasteiger partial charge in [0.2, 0.25) is 6.10 Å². The smallest absolute Gasteiger partial charge is 0.321 e. The van der Waals surface area contributed by atoms with E-state index in [1.165, 1.54) is 7.05 Å². The van der Waals surface area contributed by atoms with Crippen molar-refractivity contribution < 1.29 is 19.1 Å². The van der Waals surface area contributed by atoms with Crippen LogP contribution in [0, 0.1) is 0 Å². The van der Waals surface area contributed by atoms with Crippen molar-refractivity contribution in [2.75, 3.05) is 7.05 Å². The van der Waals surface area contributed by atoms with E-state index in [1.807, 2.05) is 37.3 Å². The molecule has 0 saturated heterocycles. The lowest BCUT2D eigenvalue weighted by Gasteiger charge is -2.21. The van der Waals surface area contributed by atoms with E-state index in [1.54, 1.807) is 30.3 Å². The first-order chi connectivity index (χ1) is 12.6. The number of carbonyl (C=O) groups excluding carboxylic acids is 3. The molecule has 2 rings (SSSR count). The number of hydrogen-bond donors (Lipinski definition) is 2. The Labute approximate surface area is 152 Å². The largest absolute Gasteiger partial charge is 0.447 e. The Hall–Kier alpha value is -3.15. The Kier molecular flexibility index (Phi) is 6.91. The summed E-state index contributed by atoms with van der Waals surface area (Å²) in [6.45, 7) is 1.88. The Balaban J connectivity index is 2.24. The van der Waals surface area contributed by atoms with Crippen molar-refractivity contribution in [3.05, 3.63) is 71.8 Å². The van der Waals surface area contributed by atoms with Gasteiger partial charge >= 0.3 is 12.0 Å². The molecule has 0 saturated carbocycles. The minimum absolute atomic E-state index is 0.491. The number of imide groups is 1. The van der Waals surface area contributed by atoms with Crippen LogP contribution in [0.2, 0.25) is 0 Å². The second kappa shape index (κ2) is 9.36. The second-order valence-corrected chi connectivity index (χ2v) is 5.67. The fraction of sp³-hybridized carbons (Fsp3) is 0.250. The number of hydrogen-bond acceptors (Lipinski definition) is 4. The van der Waals surface area contributed by atoms with Crippen LogP contribution in [-0.4, -0.2) is 25.0 Å². The number of esters is 1. The topological polar surface area (TPSA) is 84.5 Å². The molecule has 0 spiro atoms. The molecule has 0 radical (unpaired) electrons. The highest BCUT2D eigenvalue weighted by Crippen LogP contribution is 2.25. The molecule has 2 N–H and O–H groups in total. The van der Waals surface area contributed by atoms with Crippen LogP contribution in [-0.2, 0) is 14.3 Å². The van der Waals surface area contributed by atoms with Gasteiger partial charge in [-0.1, -0.05) is 67.6 Å². The van der Waals surface area contributed by atoms with Gasteiger partial charge in [0.05, 0.1) is 5.92 Å². The summed E-state index contributed by atoms with van der Waals surface area (Å²) < 4.78 is 5.52. The third kappa shape index (κ3) is 4.92. The Bertz CT molecular complexity index is 747. The van der Waals surface area contributed by atoms with Gasteiger partial charge in [-0.05, 0) is 12.0 Å². The van der Waals surface area contributed by atoms with Crippen LogP contribution in [0.15, 0.2) is 60.7 Å². The molecule has 26 heavy (non-hydrogen) atoms. The maximum atomic E-state index is 12.7. The molecular weight excluding hydrogens is 332 g/mol. The van der Waals surface area contributed by atoms with Crippen molar-refractivity contribution >= 4 is 17.9 Å². The minimum Gasteiger partial charge on any atom is -0.447 e. The predicted octanol–water partition coefficient (Wildman–Crippen LogP) is 2.92. The summed E-state index contributed by atoms with van der Waals surface area (Å²) >= 11 is 0. The molecule has 6 nitrogen and oxygen atoms in total. The molecule has 2 aromatic carbocycles. The number of urea groups is 1. The maximum absolute atomic E-state index is 12.7. The monoisotopic (exact) mass is 354 g/mol. The molecule has 0 aliphatic rings. The summed E-state index contributed by atoms with van der Waals surface area (Å²) in [5, 5.41) is 4.47. The van der Waals surface area contributed by atoms with Crippen LogP contribution < -0.4 is 10.6 Å². The highest BCUT2D eigenvalue weighted by atomic mass is 16.5. The van der Waals surface area contributed by atoms with E-state index in [9.17, 15) is 14.4 Å². The van der Waals surface area contributed by atoms with Crippen molar-refractivity contribution in [1.29, 1.82) is 0 Å². The molecule has 3 amide bonds. The van der Waals surface area contributed by atoms with Gasteiger partial charge in [0.25, 0.3) is 5.91 Å². The van der Waals surface area contributed by atoms with Gasteiger partial charge in [-0.3, -0.25) is 14.9 Å². The van der Waals surface area contributed by atoms with Crippen LogP contribution in [0.5, 0.6) is 0 Å². The van der Waals surface area contributed by atoms with Gasteiger partial charge in [-0.2, -0.15) is 0 Å². The highest BCUT2D eigenvalue weighted by Gasteiger charge is 2.30. The van der Waals surface area contributed by atoms with Gasteiger partial charge in [0.1, 0.15) is 0 Å². The first kappa shape index (κ1) is 19.2. The van der Waals surface area contributed by atoms with Crippen molar-refractivity contribution in [1.82, 2.24) is 10.6 Å². The zero-order valence-corrected chi connectivity index (χ0v) is 14.8. The number of benzene rings is 2. The minimum atomic E-state index is -1.21. The third-order valence-corrected chi connectivity index (χ3v) is 3.93. The molecule has 6 heteroatoms. The fourth-order valence-electron chi connectivity index (χ4n) is 2.56. The van der Waals surface area contributed by atoms with Crippen LogP contribution in [0.4, 0.5) is 4.79 Å². The predicted molar refractivity (Wildman–Crippen MR) is 97.3 cm³/mol. The van der Waals surface area contributed by atoms with Gasteiger partial charge in [0, 0.05) is 12.6 Å². The average Bonchev–Trinajstić information content (AvgIpc) is 2.68. The van der Waals surface area contributed by atoms with E-state index in [-0.39, 0.29) is 0 Å². The van der Waals surface area contributed by atoms with Gasteiger partial charge in [-0.15, -0.1) is 0 Å². The molecule has 0 aliphatic heterocycles. The first-order valence-corrected chi connectivity index (χ1v) is 8.39. The van der Waals surface area contributed by atoms with E-state index in [2.05, 4.69) is 10.6 Å². The van der Waals surface area contributed by atoms with Crippen molar-refractivity contribution in [3.8, 4) is 0 Å². The molecule has 0 bridgehead atoms. The molecule has 0 aliphatic carbocycles. The SMILES string of the molecule is CC[C@@H](C(=O)O[C@@H](C(=O)NC(=O)NC)c1ccccc1)c1ccccc1. The van der Waals surface area contributed by atoms with Crippen LogP contribution in [0.3, 0.4) is 0 Å². The molecule has 2 aromatic rings. The lowest BCUT2D eigenvalue weighted by Crippen LogP contribution is -2.41. The zero-order valence-electron chi connectivity index (χ0n) is 14.8. The number of rotatable bonds is 6. The highest BCUT2D eigenvalue weighted by molar-refractivity contribution is 5.98. The molecule has 0 fully saturated rings. The molecular formula is C20H22N2O4. The lowest BCUT2D eigenvalue weighted by molar-refractivity contribution is -0.157. The van der Waals surface area contributed by atoms with Gasteiger partial charge < -0.3 is 10.1 Å². The Morgan fingerprint density at radius 2 is 1.46 bits per heavy atom. The first-order valence-electron chi connectivity index (χ1n) is 8.39. The van der Waals surface area contributed by atoms with Crippen LogP contribution in [0.25, 0.3) is 0 Å². The van der Waals surface area contributed by atoms with Crippen molar-refractivity contribution in [2.45, 2.75) is 25.4 Å². The normalized spacial score (nSPS) is 12.5. The molecule has 0 aromatic heterocycles. The number of carbonyl (C=O) groups is 3. The van der Waals surface area contributed by atoms with E-state index in [0.29, 0.717) is 12.0 Å². The Morgan fingerprint density at radius 1 is 0.923 bits per heavy atom.